The van der Waals surface area contributed by atoms with Gasteiger partial charge in [-0.25, -0.2) is 0 Å². The zero-order valence-electron chi connectivity index (χ0n) is 17.0. The average Bonchev–Trinajstić information content (AvgIpc) is 3.21. The van der Waals surface area contributed by atoms with Crippen LogP contribution in [0.4, 0.5) is 0 Å². The summed E-state index contributed by atoms with van der Waals surface area (Å²) in [5, 5.41) is 0. The van der Waals surface area contributed by atoms with Crippen molar-refractivity contribution < 1.29 is 9.53 Å². The third kappa shape index (κ3) is 11.0. The number of esters is 1. The molecular weight excluding hydrogens is 332 g/mol. The molecule has 1 aromatic rings. The second-order valence-electron chi connectivity index (χ2n) is 7.99. The van der Waals surface area contributed by atoms with Crippen LogP contribution in [0.25, 0.3) is 0 Å². The van der Waals surface area contributed by atoms with Crippen LogP contribution in [0.2, 0.25) is 0 Å². The summed E-state index contributed by atoms with van der Waals surface area (Å²) in [5.74, 6) is 0.826. The van der Waals surface area contributed by atoms with Crippen molar-refractivity contribution in [1.29, 1.82) is 0 Å². The van der Waals surface area contributed by atoms with Crippen LogP contribution in [0, 0.1) is 5.92 Å². The molecule has 0 fully saturated rings. The van der Waals surface area contributed by atoms with Crippen LogP contribution >= 0.6 is 0 Å². The van der Waals surface area contributed by atoms with Crippen LogP contribution in [0.3, 0.4) is 0 Å². The number of carbonyl (C=O) groups excluding carboxylic acids is 1. The molecule has 1 unspecified atom stereocenters. The lowest BCUT2D eigenvalue weighted by Gasteiger charge is -2.07. The van der Waals surface area contributed by atoms with Crippen LogP contribution < -0.4 is 0 Å². The van der Waals surface area contributed by atoms with Gasteiger partial charge in [0.1, 0.15) is 6.61 Å². The van der Waals surface area contributed by atoms with Gasteiger partial charge in [-0.1, -0.05) is 100 Å². The van der Waals surface area contributed by atoms with Crippen molar-refractivity contribution in [1.82, 2.24) is 0 Å². The van der Waals surface area contributed by atoms with Crippen molar-refractivity contribution in [2.75, 3.05) is 0 Å². The first-order chi connectivity index (χ1) is 13.3. The van der Waals surface area contributed by atoms with Gasteiger partial charge in [0.05, 0.1) is 0 Å². The molecule has 1 atom stereocenters. The summed E-state index contributed by atoms with van der Waals surface area (Å²) in [4.78, 5) is 11.7. The highest BCUT2D eigenvalue weighted by Crippen LogP contribution is 2.23. The van der Waals surface area contributed by atoms with Crippen molar-refractivity contribution in [3.05, 3.63) is 48.0 Å². The molecule has 1 aliphatic rings. The Morgan fingerprint density at radius 2 is 1.48 bits per heavy atom. The average molecular weight is 371 g/mol. The van der Waals surface area contributed by atoms with Crippen LogP contribution in [0.5, 0.6) is 0 Å². The van der Waals surface area contributed by atoms with Crippen LogP contribution in [0.15, 0.2) is 42.5 Å². The Labute approximate surface area is 166 Å². The third-order valence-electron chi connectivity index (χ3n) is 5.56. The quantitative estimate of drug-likeness (QED) is 0.183. The van der Waals surface area contributed by atoms with Gasteiger partial charge in [-0.05, 0) is 37.2 Å². The summed E-state index contributed by atoms with van der Waals surface area (Å²) in [7, 11) is 0. The Kier molecular flexibility index (Phi) is 11.7. The first kappa shape index (κ1) is 21.7. The molecular formula is C25H38O2. The zero-order chi connectivity index (χ0) is 19.0. The summed E-state index contributed by atoms with van der Waals surface area (Å²) in [5.41, 5.74) is 1.06. The number of hydrogen-bond acceptors (Lipinski definition) is 2. The Balaban J connectivity index is 1.29. The second kappa shape index (κ2) is 14.5. The standard InChI is InChI=1S/C25H38O2/c26-25(27-22-24-19-11-9-12-20-24)21-13-8-6-4-2-1-3-5-7-10-16-23-17-14-15-18-23/h9,11-12,14,17,19-20,23H,1-8,10,13,15-16,18,21-22H2. The lowest BCUT2D eigenvalue weighted by Crippen LogP contribution is -2.04. The summed E-state index contributed by atoms with van der Waals surface area (Å²) < 4.78 is 5.31. The number of carbonyl (C=O) groups is 1. The van der Waals surface area contributed by atoms with Crippen LogP contribution in [0.1, 0.15) is 95.5 Å². The predicted octanol–water partition coefficient (Wildman–Crippen LogP) is 7.38. The van der Waals surface area contributed by atoms with E-state index in [9.17, 15) is 4.79 Å². The molecule has 2 nitrogen and oxygen atoms in total. The van der Waals surface area contributed by atoms with Crippen LogP contribution in [-0.4, -0.2) is 5.97 Å². The normalized spacial score (nSPS) is 15.9. The number of allylic oxidation sites excluding steroid dienone is 2. The minimum absolute atomic E-state index is 0.0630. The Morgan fingerprint density at radius 3 is 2.11 bits per heavy atom. The molecule has 0 aliphatic heterocycles. The minimum atomic E-state index is -0.0630. The molecule has 0 amide bonds. The van der Waals surface area contributed by atoms with Gasteiger partial charge >= 0.3 is 5.97 Å². The summed E-state index contributed by atoms with van der Waals surface area (Å²) in [6.07, 6.45) is 22.5. The Bertz CT molecular complexity index is 520. The molecule has 0 spiro atoms. The maximum Gasteiger partial charge on any atom is 0.306 e. The van der Waals surface area contributed by atoms with Crippen molar-refractivity contribution >= 4 is 5.97 Å². The smallest absolute Gasteiger partial charge is 0.306 e. The van der Waals surface area contributed by atoms with Crippen molar-refractivity contribution in [2.24, 2.45) is 5.92 Å². The molecule has 1 aromatic carbocycles. The van der Waals surface area contributed by atoms with Gasteiger partial charge in [-0.2, -0.15) is 0 Å². The van der Waals surface area contributed by atoms with E-state index in [0.717, 1.165) is 24.3 Å². The predicted molar refractivity (Wildman–Crippen MR) is 114 cm³/mol. The number of rotatable bonds is 15. The molecule has 0 saturated carbocycles. The van der Waals surface area contributed by atoms with Gasteiger partial charge in [-0.15, -0.1) is 0 Å². The van der Waals surface area contributed by atoms with Crippen molar-refractivity contribution in [3.8, 4) is 0 Å². The van der Waals surface area contributed by atoms with Gasteiger partial charge < -0.3 is 4.74 Å². The highest BCUT2D eigenvalue weighted by molar-refractivity contribution is 5.69. The Hall–Kier alpha value is -1.57. The zero-order valence-corrected chi connectivity index (χ0v) is 17.0. The maximum atomic E-state index is 11.7. The minimum Gasteiger partial charge on any atom is -0.461 e. The highest BCUT2D eigenvalue weighted by Gasteiger charge is 2.07. The molecule has 0 aromatic heterocycles. The number of benzene rings is 1. The fourth-order valence-corrected chi connectivity index (χ4v) is 3.84. The van der Waals surface area contributed by atoms with Crippen molar-refractivity contribution in [3.63, 3.8) is 0 Å². The van der Waals surface area contributed by atoms with E-state index < -0.39 is 0 Å². The summed E-state index contributed by atoms with van der Waals surface area (Å²) >= 11 is 0. The van der Waals surface area contributed by atoms with Gasteiger partial charge in [0.15, 0.2) is 0 Å². The van der Waals surface area contributed by atoms with Gasteiger partial charge in [0, 0.05) is 6.42 Å². The lowest BCUT2D eigenvalue weighted by molar-refractivity contribution is -0.145. The first-order valence-corrected chi connectivity index (χ1v) is 11.2. The highest BCUT2D eigenvalue weighted by atomic mass is 16.5. The molecule has 0 saturated heterocycles. The third-order valence-corrected chi connectivity index (χ3v) is 5.56. The first-order valence-electron chi connectivity index (χ1n) is 11.2. The maximum absolute atomic E-state index is 11.7. The van der Waals surface area contributed by atoms with E-state index in [0.29, 0.717) is 13.0 Å². The topological polar surface area (TPSA) is 26.3 Å². The van der Waals surface area contributed by atoms with Gasteiger partial charge in [0.25, 0.3) is 0 Å². The molecule has 2 rings (SSSR count). The SMILES string of the molecule is O=C(CCCCCCCCCCCCC1C=CCC1)OCc1ccccc1. The molecule has 27 heavy (non-hydrogen) atoms. The molecule has 150 valence electrons. The van der Waals surface area contributed by atoms with Gasteiger partial charge in [0.2, 0.25) is 0 Å². The molecule has 0 heterocycles. The summed E-state index contributed by atoms with van der Waals surface area (Å²) in [6, 6.07) is 9.88. The molecule has 0 N–H and O–H groups in total. The molecule has 1 aliphatic carbocycles. The van der Waals surface area contributed by atoms with E-state index in [4.69, 9.17) is 4.74 Å². The molecule has 0 radical (unpaired) electrons. The lowest BCUT2D eigenvalue weighted by atomic mass is 9.99. The number of hydrogen-bond donors (Lipinski definition) is 0. The van der Waals surface area contributed by atoms with E-state index in [1.807, 2.05) is 30.3 Å². The van der Waals surface area contributed by atoms with E-state index >= 15 is 0 Å². The fourth-order valence-electron chi connectivity index (χ4n) is 3.84. The van der Waals surface area contributed by atoms with Crippen molar-refractivity contribution in [2.45, 2.75) is 96.5 Å². The second-order valence-corrected chi connectivity index (χ2v) is 7.99. The summed E-state index contributed by atoms with van der Waals surface area (Å²) in [6.45, 7) is 0.400. The van der Waals surface area contributed by atoms with E-state index in [-0.39, 0.29) is 5.97 Å². The van der Waals surface area contributed by atoms with E-state index in [1.54, 1.807) is 0 Å². The Morgan fingerprint density at radius 1 is 0.852 bits per heavy atom. The number of ether oxygens (including phenoxy) is 1. The van der Waals surface area contributed by atoms with Gasteiger partial charge in [-0.3, -0.25) is 4.79 Å². The van der Waals surface area contributed by atoms with Crippen LogP contribution in [-0.2, 0) is 16.1 Å². The molecule has 0 bridgehead atoms. The largest absolute Gasteiger partial charge is 0.461 e. The monoisotopic (exact) mass is 370 g/mol. The van der Waals surface area contributed by atoms with E-state index in [1.165, 1.54) is 70.6 Å². The number of unbranched alkanes of at least 4 members (excludes halogenated alkanes) is 9. The fraction of sp³-hybridized carbons (Fsp3) is 0.640. The van der Waals surface area contributed by atoms with E-state index in [2.05, 4.69) is 12.2 Å². The molecule has 2 heteroatoms.